The minimum atomic E-state index is -0.176. The number of hydrogen-bond donors (Lipinski definition) is 3. The van der Waals surface area contributed by atoms with Crippen LogP contribution in [0.3, 0.4) is 0 Å². The lowest BCUT2D eigenvalue weighted by Gasteiger charge is -2.27. The predicted molar refractivity (Wildman–Crippen MR) is 108 cm³/mol. The highest BCUT2D eigenvalue weighted by molar-refractivity contribution is 5.76. The molecule has 1 unspecified atom stereocenters. The van der Waals surface area contributed by atoms with E-state index in [1.54, 1.807) is 4.52 Å². The van der Waals surface area contributed by atoms with Crippen molar-refractivity contribution in [1.82, 2.24) is 25.2 Å². The van der Waals surface area contributed by atoms with Gasteiger partial charge in [0.05, 0.1) is 0 Å². The molecule has 0 spiro atoms. The number of nitrogens with one attached hydrogen (secondary N) is 3. The van der Waals surface area contributed by atoms with Crippen molar-refractivity contribution in [3.8, 4) is 0 Å². The number of carbonyl (C=O) groups excluding carboxylic acids is 1. The highest BCUT2D eigenvalue weighted by Gasteiger charge is 2.19. The van der Waals surface area contributed by atoms with Crippen molar-refractivity contribution in [1.29, 1.82) is 0 Å². The molecule has 1 amide bonds. The Balaban J connectivity index is 1.39. The Morgan fingerprint density at radius 2 is 2.14 bits per heavy atom. The summed E-state index contributed by atoms with van der Waals surface area (Å²) in [5, 5.41) is 9.29. The molecule has 28 heavy (non-hydrogen) atoms. The first-order chi connectivity index (χ1) is 13.5. The maximum absolute atomic E-state index is 12.4. The van der Waals surface area contributed by atoms with Crippen molar-refractivity contribution < 1.29 is 4.79 Å². The first kappa shape index (κ1) is 18.4. The van der Waals surface area contributed by atoms with E-state index >= 15 is 0 Å². The maximum atomic E-state index is 12.4. The number of nitrogens with zero attached hydrogens (tertiary/aromatic N) is 2. The molecule has 0 aliphatic carbocycles. The van der Waals surface area contributed by atoms with Gasteiger partial charge in [-0.1, -0.05) is 24.3 Å². The van der Waals surface area contributed by atoms with Crippen molar-refractivity contribution in [3.05, 3.63) is 68.8 Å². The second kappa shape index (κ2) is 7.59. The summed E-state index contributed by atoms with van der Waals surface area (Å²) in [7, 11) is 0. The Morgan fingerprint density at radius 3 is 3.00 bits per heavy atom. The van der Waals surface area contributed by atoms with Crippen LogP contribution < -0.4 is 16.2 Å². The van der Waals surface area contributed by atoms with Gasteiger partial charge in [-0.3, -0.25) is 14.7 Å². The van der Waals surface area contributed by atoms with Crippen LogP contribution in [-0.2, 0) is 17.6 Å². The number of benzene rings is 1. The zero-order valence-corrected chi connectivity index (χ0v) is 16.2. The number of H-pyrrole nitrogens is 1. The first-order valence-corrected chi connectivity index (χ1v) is 9.68. The van der Waals surface area contributed by atoms with Crippen molar-refractivity contribution in [2.45, 2.75) is 39.2 Å². The molecule has 7 heteroatoms. The summed E-state index contributed by atoms with van der Waals surface area (Å²) >= 11 is 0. The van der Waals surface area contributed by atoms with Crippen LogP contribution in [0.4, 0.5) is 0 Å². The molecule has 7 nitrogen and oxygen atoms in total. The van der Waals surface area contributed by atoms with E-state index in [1.165, 1.54) is 17.2 Å². The van der Waals surface area contributed by atoms with Gasteiger partial charge in [0.15, 0.2) is 5.65 Å². The number of aryl methyl sites for hydroxylation is 2. The van der Waals surface area contributed by atoms with Gasteiger partial charge in [0.25, 0.3) is 5.56 Å². The van der Waals surface area contributed by atoms with E-state index in [4.69, 9.17) is 0 Å². The van der Waals surface area contributed by atoms with Crippen molar-refractivity contribution in [2.24, 2.45) is 0 Å². The van der Waals surface area contributed by atoms with Crippen molar-refractivity contribution in [3.63, 3.8) is 0 Å². The predicted octanol–water partition coefficient (Wildman–Crippen LogP) is 1.58. The number of amides is 1. The summed E-state index contributed by atoms with van der Waals surface area (Å²) in [6.45, 7) is 5.36. The fourth-order valence-corrected chi connectivity index (χ4v) is 4.04. The van der Waals surface area contributed by atoms with E-state index in [0.29, 0.717) is 25.0 Å². The number of rotatable bonds is 5. The van der Waals surface area contributed by atoms with Crippen LogP contribution in [0.5, 0.6) is 0 Å². The molecule has 1 aliphatic heterocycles. The molecule has 0 saturated carbocycles. The van der Waals surface area contributed by atoms with Gasteiger partial charge in [-0.25, -0.2) is 9.50 Å². The van der Waals surface area contributed by atoms with E-state index in [9.17, 15) is 9.59 Å². The van der Waals surface area contributed by atoms with Crippen LogP contribution in [0, 0.1) is 13.8 Å². The van der Waals surface area contributed by atoms with Gasteiger partial charge in [0.1, 0.15) is 0 Å². The third-order valence-corrected chi connectivity index (χ3v) is 5.52. The highest BCUT2D eigenvalue weighted by atomic mass is 16.1. The molecule has 146 valence electrons. The van der Waals surface area contributed by atoms with Crippen LogP contribution in [0.15, 0.2) is 35.1 Å². The summed E-state index contributed by atoms with van der Waals surface area (Å²) in [4.78, 5) is 28.5. The fraction of sp³-hybridized carbons (Fsp3) is 0.381. The van der Waals surface area contributed by atoms with Gasteiger partial charge in [0.2, 0.25) is 5.91 Å². The van der Waals surface area contributed by atoms with Crippen molar-refractivity contribution >= 4 is 11.6 Å². The lowest BCUT2D eigenvalue weighted by molar-refractivity contribution is -0.121. The lowest BCUT2D eigenvalue weighted by atomic mass is 9.94. The average molecular weight is 379 g/mol. The molecule has 0 bridgehead atoms. The van der Waals surface area contributed by atoms with Gasteiger partial charge >= 0.3 is 0 Å². The highest BCUT2D eigenvalue weighted by Crippen LogP contribution is 2.22. The van der Waals surface area contributed by atoms with Crippen LogP contribution in [-0.4, -0.2) is 33.6 Å². The third-order valence-electron chi connectivity index (χ3n) is 5.52. The van der Waals surface area contributed by atoms with E-state index in [-0.39, 0.29) is 17.5 Å². The summed E-state index contributed by atoms with van der Waals surface area (Å²) in [6.07, 6.45) is 1.99. The Labute approximate surface area is 163 Å². The first-order valence-electron chi connectivity index (χ1n) is 9.68. The number of fused-ring (bicyclic) bond motifs is 2. The van der Waals surface area contributed by atoms with E-state index < -0.39 is 0 Å². The van der Waals surface area contributed by atoms with E-state index in [0.717, 1.165) is 29.9 Å². The second-order valence-corrected chi connectivity index (χ2v) is 7.33. The molecular formula is C21H25N5O2. The summed E-state index contributed by atoms with van der Waals surface area (Å²) in [5.74, 6) is 0.0183. The van der Waals surface area contributed by atoms with Crippen molar-refractivity contribution in [2.75, 3.05) is 13.1 Å². The van der Waals surface area contributed by atoms with Gasteiger partial charge < -0.3 is 10.6 Å². The number of aromatic amines is 1. The van der Waals surface area contributed by atoms with E-state index in [1.807, 2.05) is 19.9 Å². The molecule has 4 rings (SSSR count). The Kier molecular flexibility index (Phi) is 5.00. The number of hydrogen-bond acceptors (Lipinski definition) is 4. The van der Waals surface area contributed by atoms with E-state index in [2.05, 4.69) is 38.9 Å². The lowest BCUT2D eigenvalue weighted by Crippen LogP contribution is -2.38. The monoisotopic (exact) mass is 379 g/mol. The Hall–Kier alpha value is -2.93. The van der Waals surface area contributed by atoms with Crippen LogP contribution in [0.2, 0.25) is 0 Å². The Morgan fingerprint density at radius 1 is 1.32 bits per heavy atom. The molecule has 3 N–H and O–H groups in total. The molecule has 1 aliphatic rings. The molecule has 3 heterocycles. The fourth-order valence-electron chi connectivity index (χ4n) is 4.04. The largest absolute Gasteiger partial charge is 0.354 e. The van der Waals surface area contributed by atoms with Crippen LogP contribution >= 0.6 is 0 Å². The minimum absolute atomic E-state index is 0.0183. The zero-order valence-electron chi connectivity index (χ0n) is 16.2. The zero-order chi connectivity index (χ0) is 19.7. The third kappa shape index (κ3) is 3.57. The molecule has 0 fully saturated rings. The van der Waals surface area contributed by atoms with Gasteiger partial charge in [-0.05, 0) is 49.9 Å². The van der Waals surface area contributed by atoms with Crippen LogP contribution in [0.1, 0.15) is 40.5 Å². The summed E-state index contributed by atoms with van der Waals surface area (Å²) in [5.41, 5.74) is 5.82. The second-order valence-electron chi connectivity index (χ2n) is 7.33. The summed E-state index contributed by atoms with van der Waals surface area (Å²) < 4.78 is 1.69. The SMILES string of the molecule is Cc1nc2cc(=O)[nH]n2c(C)c1CCC(=O)NCC1NCCc2ccccc21. The quantitative estimate of drug-likeness (QED) is 0.628. The molecule has 0 radical (unpaired) electrons. The molecule has 1 atom stereocenters. The number of carbonyl (C=O) groups is 1. The summed E-state index contributed by atoms with van der Waals surface area (Å²) in [6, 6.07) is 10.0. The molecule has 1 aromatic carbocycles. The molecule has 2 aromatic heterocycles. The molecule has 3 aromatic rings. The number of aromatic nitrogens is 3. The normalized spacial score (nSPS) is 16.1. The topological polar surface area (TPSA) is 91.3 Å². The van der Waals surface area contributed by atoms with Gasteiger partial charge in [0, 0.05) is 36.5 Å². The smallest absolute Gasteiger partial charge is 0.266 e. The molecular weight excluding hydrogens is 354 g/mol. The Bertz CT molecular complexity index is 1080. The maximum Gasteiger partial charge on any atom is 0.266 e. The standard InChI is InChI=1S/C21H25N5O2/c1-13-16(14(2)26-19(24-13)11-21(28)25-26)7-8-20(27)23-12-18-17-6-4-3-5-15(17)9-10-22-18/h3-6,11,18,22H,7-10,12H2,1-2H3,(H,23,27)(H,25,28). The van der Waals surface area contributed by atoms with Gasteiger partial charge in [-0.15, -0.1) is 0 Å². The minimum Gasteiger partial charge on any atom is -0.354 e. The van der Waals surface area contributed by atoms with Gasteiger partial charge in [-0.2, -0.15) is 0 Å². The molecule has 0 saturated heterocycles. The van der Waals surface area contributed by atoms with Crippen LogP contribution in [0.25, 0.3) is 5.65 Å². The average Bonchev–Trinajstić information content (AvgIpc) is 3.06.